The maximum atomic E-state index is 10.8. The molecule has 0 saturated heterocycles. The Morgan fingerprint density at radius 3 is 2.67 bits per heavy atom. The van der Waals surface area contributed by atoms with E-state index >= 15 is 0 Å². The summed E-state index contributed by atoms with van der Waals surface area (Å²) < 4.78 is 5.23. The van der Waals surface area contributed by atoms with Crippen LogP contribution in [0.1, 0.15) is 26.7 Å². The second kappa shape index (κ2) is 7.10. The van der Waals surface area contributed by atoms with E-state index in [2.05, 4.69) is 20.4 Å². The molecule has 2 nitrogen and oxygen atoms in total. The number of carbonyl (C=O) groups is 1. The fraction of sp³-hybridized carbons (Fsp3) is 0.667. The molecule has 1 unspecified atom stereocenters. The van der Waals surface area contributed by atoms with Crippen LogP contribution in [0.4, 0.5) is 0 Å². The normalized spacial score (nSPS) is 12.2. The van der Waals surface area contributed by atoms with Crippen LogP contribution in [0.15, 0.2) is 12.7 Å². The van der Waals surface area contributed by atoms with Crippen molar-refractivity contribution in [2.24, 2.45) is 0 Å². The van der Waals surface area contributed by atoms with E-state index in [0.717, 1.165) is 12.1 Å². The predicted molar refractivity (Wildman–Crippen MR) is 53.6 cm³/mol. The number of hydrogen-bond donors (Lipinski definition) is 0. The Bertz CT molecular complexity index is 145. The molecule has 0 aromatic heterocycles. The molecule has 0 aliphatic rings. The van der Waals surface area contributed by atoms with Gasteiger partial charge in [0.2, 0.25) is 9.04 Å². The first-order valence-electron chi connectivity index (χ1n) is 4.57. The third-order valence-electron chi connectivity index (χ3n) is 1.78. The van der Waals surface area contributed by atoms with E-state index in [-0.39, 0.29) is 5.97 Å². The molecule has 0 spiro atoms. The molecule has 0 fully saturated rings. The van der Waals surface area contributed by atoms with Crippen molar-refractivity contribution in [3.8, 4) is 0 Å². The second-order valence-corrected chi connectivity index (χ2v) is 5.69. The van der Waals surface area contributed by atoms with Gasteiger partial charge in [-0.15, -0.1) is 0 Å². The van der Waals surface area contributed by atoms with Gasteiger partial charge in [0, 0.05) is 6.08 Å². The van der Waals surface area contributed by atoms with Crippen LogP contribution in [0.5, 0.6) is 0 Å². The standard InChI is InChI=1S/C9H18O2Si/c1-4-7-8-12(6-3)11-9(10)5-2/h5,12H,2,4,6-8H2,1,3H3. The van der Waals surface area contributed by atoms with Crippen molar-refractivity contribution in [2.45, 2.75) is 38.8 Å². The van der Waals surface area contributed by atoms with Gasteiger partial charge in [-0.3, -0.25) is 0 Å². The highest BCUT2D eigenvalue weighted by Crippen LogP contribution is 2.06. The van der Waals surface area contributed by atoms with Gasteiger partial charge in [-0.2, -0.15) is 0 Å². The van der Waals surface area contributed by atoms with Gasteiger partial charge >= 0.3 is 5.97 Å². The Morgan fingerprint density at radius 1 is 1.58 bits per heavy atom. The molecule has 3 heteroatoms. The van der Waals surface area contributed by atoms with Crippen LogP contribution in [0, 0.1) is 0 Å². The van der Waals surface area contributed by atoms with Crippen molar-refractivity contribution in [3.63, 3.8) is 0 Å². The third-order valence-corrected chi connectivity index (χ3v) is 4.31. The Hall–Kier alpha value is -0.573. The van der Waals surface area contributed by atoms with Gasteiger partial charge < -0.3 is 4.43 Å². The fourth-order valence-corrected chi connectivity index (χ4v) is 2.97. The van der Waals surface area contributed by atoms with Crippen LogP contribution in [-0.4, -0.2) is 15.0 Å². The van der Waals surface area contributed by atoms with E-state index < -0.39 is 9.04 Å². The molecule has 0 aliphatic carbocycles. The highest BCUT2D eigenvalue weighted by molar-refractivity contribution is 6.53. The lowest BCUT2D eigenvalue weighted by atomic mass is 10.4. The highest BCUT2D eigenvalue weighted by atomic mass is 28.3. The SMILES string of the molecule is C=CC(=O)O[SiH](CC)CCCC. The fourth-order valence-electron chi connectivity index (χ4n) is 0.991. The Kier molecular flexibility index (Phi) is 6.76. The summed E-state index contributed by atoms with van der Waals surface area (Å²) >= 11 is 0. The number of carbonyl (C=O) groups excluding carboxylic acids is 1. The monoisotopic (exact) mass is 186 g/mol. The molecule has 0 aliphatic heterocycles. The minimum atomic E-state index is -1.23. The summed E-state index contributed by atoms with van der Waals surface area (Å²) in [5, 5.41) is 0. The number of hydrogen-bond acceptors (Lipinski definition) is 2. The average molecular weight is 186 g/mol. The predicted octanol–water partition coefficient (Wildman–Crippen LogP) is 2.26. The van der Waals surface area contributed by atoms with Crippen LogP contribution in [0.25, 0.3) is 0 Å². The van der Waals surface area contributed by atoms with Gasteiger partial charge in [0.1, 0.15) is 0 Å². The maximum absolute atomic E-state index is 10.8. The van der Waals surface area contributed by atoms with Crippen LogP contribution >= 0.6 is 0 Å². The molecule has 0 aromatic carbocycles. The first kappa shape index (κ1) is 11.4. The Labute approximate surface area is 76.3 Å². The lowest BCUT2D eigenvalue weighted by molar-refractivity contribution is -0.129. The summed E-state index contributed by atoms with van der Waals surface area (Å²) in [5.41, 5.74) is 0. The van der Waals surface area contributed by atoms with E-state index in [1.807, 2.05) is 0 Å². The van der Waals surface area contributed by atoms with Crippen molar-refractivity contribution in [1.29, 1.82) is 0 Å². The first-order valence-corrected chi connectivity index (χ1v) is 6.68. The quantitative estimate of drug-likeness (QED) is 0.470. The van der Waals surface area contributed by atoms with E-state index in [1.54, 1.807) is 0 Å². The van der Waals surface area contributed by atoms with Crippen molar-refractivity contribution < 1.29 is 9.22 Å². The zero-order chi connectivity index (χ0) is 9.40. The van der Waals surface area contributed by atoms with Crippen molar-refractivity contribution in [2.75, 3.05) is 0 Å². The van der Waals surface area contributed by atoms with Gasteiger partial charge in [-0.1, -0.05) is 33.3 Å². The summed E-state index contributed by atoms with van der Waals surface area (Å²) in [6.07, 6.45) is 3.60. The summed E-state index contributed by atoms with van der Waals surface area (Å²) in [5.74, 6) is -0.246. The van der Waals surface area contributed by atoms with E-state index in [1.165, 1.54) is 18.9 Å². The molecular formula is C9H18O2Si. The van der Waals surface area contributed by atoms with E-state index in [0.29, 0.717) is 0 Å². The second-order valence-electron chi connectivity index (χ2n) is 2.81. The number of unbranched alkanes of at least 4 members (excludes halogenated alkanes) is 1. The van der Waals surface area contributed by atoms with Crippen molar-refractivity contribution in [1.82, 2.24) is 0 Å². The average Bonchev–Trinajstić information content (AvgIpc) is 2.11. The van der Waals surface area contributed by atoms with E-state index in [4.69, 9.17) is 4.43 Å². The molecule has 0 bridgehead atoms. The van der Waals surface area contributed by atoms with Gasteiger partial charge in [-0.05, 0) is 12.1 Å². The lowest BCUT2D eigenvalue weighted by Gasteiger charge is -2.12. The summed E-state index contributed by atoms with van der Waals surface area (Å²) in [7, 11) is -1.23. The number of rotatable bonds is 6. The van der Waals surface area contributed by atoms with Gasteiger partial charge in [0.25, 0.3) is 0 Å². The molecule has 0 aromatic rings. The molecule has 0 N–H and O–H groups in total. The molecule has 0 saturated carbocycles. The molecule has 12 heavy (non-hydrogen) atoms. The molecule has 0 amide bonds. The molecule has 0 heterocycles. The third kappa shape index (κ3) is 5.13. The van der Waals surface area contributed by atoms with Crippen molar-refractivity contribution in [3.05, 3.63) is 12.7 Å². The molecule has 70 valence electrons. The van der Waals surface area contributed by atoms with Crippen molar-refractivity contribution >= 4 is 15.0 Å². The van der Waals surface area contributed by atoms with E-state index in [9.17, 15) is 4.79 Å². The first-order chi connectivity index (χ1) is 5.74. The van der Waals surface area contributed by atoms with Gasteiger partial charge in [-0.25, -0.2) is 4.79 Å². The lowest BCUT2D eigenvalue weighted by Crippen LogP contribution is -2.19. The summed E-state index contributed by atoms with van der Waals surface area (Å²) in [4.78, 5) is 10.8. The highest BCUT2D eigenvalue weighted by Gasteiger charge is 2.11. The minimum absolute atomic E-state index is 0.246. The minimum Gasteiger partial charge on any atom is -0.519 e. The van der Waals surface area contributed by atoms with Gasteiger partial charge in [0.05, 0.1) is 0 Å². The topological polar surface area (TPSA) is 26.3 Å². The summed E-state index contributed by atoms with van der Waals surface area (Å²) in [6, 6.07) is 2.13. The Balaban J connectivity index is 3.66. The zero-order valence-corrected chi connectivity index (χ0v) is 9.16. The molecule has 1 atom stereocenters. The smallest absolute Gasteiger partial charge is 0.316 e. The van der Waals surface area contributed by atoms with Crippen LogP contribution in [-0.2, 0) is 9.22 Å². The van der Waals surface area contributed by atoms with Crippen LogP contribution in [0.3, 0.4) is 0 Å². The largest absolute Gasteiger partial charge is 0.519 e. The Morgan fingerprint density at radius 2 is 2.25 bits per heavy atom. The maximum Gasteiger partial charge on any atom is 0.316 e. The van der Waals surface area contributed by atoms with Crippen LogP contribution < -0.4 is 0 Å². The summed E-state index contributed by atoms with van der Waals surface area (Å²) in [6.45, 7) is 7.61. The molecular weight excluding hydrogens is 168 g/mol. The van der Waals surface area contributed by atoms with Gasteiger partial charge in [0.15, 0.2) is 0 Å². The molecule has 0 rings (SSSR count). The van der Waals surface area contributed by atoms with Crippen LogP contribution in [0.2, 0.25) is 12.1 Å². The molecule has 0 radical (unpaired) electrons. The zero-order valence-electron chi connectivity index (χ0n) is 8.01.